The molecule has 3 heterocycles. The van der Waals surface area contributed by atoms with Crippen LogP contribution in [0.5, 0.6) is 11.5 Å². The topological polar surface area (TPSA) is 85.2 Å². The molecule has 5 rings (SSSR count). The minimum atomic E-state index is -0.190. The van der Waals surface area contributed by atoms with Crippen molar-refractivity contribution in [3.05, 3.63) is 84.8 Å². The molecule has 166 valence electrons. The number of anilines is 2. The van der Waals surface area contributed by atoms with E-state index in [4.69, 9.17) is 9.47 Å². The standard InChI is InChI=1S/C25H22N4O4/c30-24(11-13-29-21-8-1-2-9-22(21)33-17-25(29)31)27-18-6-5-7-20(14-18)32-16-19-15-28-12-4-3-10-23(28)26-19/h1-10,12,14-15H,11,13,16-17H2,(H,27,30). The number of benzene rings is 2. The lowest BCUT2D eigenvalue weighted by atomic mass is 10.2. The first-order valence-electron chi connectivity index (χ1n) is 10.6. The molecule has 0 spiro atoms. The van der Waals surface area contributed by atoms with Gasteiger partial charge >= 0.3 is 0 Å². The maximum Gasteiger partial charge on any atom is 0.265 e. The van der Waals surface area contributed by atoms with Crippen LogP contribution in [-0.2, 0) is 16.2 Å². The number of amides is 2. The van der Waals surface area contributed by atoms with Gasteiger partial charge in [0.1, 0.15) is 23.8 Å². The van der Waals surface area contributed by atoms with Crippen molar-refractivity contribution in [3.8, 4) is 11.5 Å². The van der Waals surface area contributed by atoms with Crippen molar-refractivity contribution in [3.63, 3.8) is 0 Å². The fraction of sp³-hybridized carbons (Fsp3) is 0.160. The molecule has 0 bridgehead atoms. The number of aromatic nitrogens is 2. The third-order valence-corrected chi connectivity index (χ3v) is 5.29. The number of imidazole rings is 1. The largest absolute Gasteiger partial charge is 0.487 e. The molecular weight excluding hydrogens is 420 g/mol. The van der Waals surface area contributed by atoms with Gasteiger partial charge in [-0.25, -0.2) is 4.98 Å². The summed E-state index contributed by atoms with van der Waals surface area (Å²) in [6, 6.07) is 20.3. The van der Waals surface area contributed by atoms with Crippen LogP contribution in [0.2, 0.25) is 0 Å². The van der Waals surface area contributed by atoms with Gasteiger partial charge in [0.2, 0.25) is 5.91 Å². The summed E-state index contributed by atoms with van der Waals surface area (Å²) < 4.78 is 13.2. The van der Waals surface area contributed by atoms with Crippen molar-refractivity contribution in [2.75, 3.05) is 23.4 Å². The molecule has 0 unspecified atom stereocenters. The fourth-order valence-corrected chi connectivity index (χ4v) is 3.71. The Balaban J connectivity index is 1.17. The molecule has 33 heavy (non-hydrogen) atoms. The summed E-state index contributed by atoms with van der Waals surface area (Å²) in [5.41, 5.74) is 2.98. The van der Waals surface area contributed by atoms with E-state index >= 15 is 0 Å². The number of para-hydroxylation sites is 2. The normalized spacial score (nSPS) is 12.8. The van der Waals surface area contributed by atoms with E-state index in [2.05, 4.69) is 10.3 Å². The number of carbonyl (C=O) groups excluding carboxylic acids is 2. The van der Waals surface area contributed by atoms with E-state index in [1.807, 2.05) is 71.4 Å². The number of rotatable bonds is 7. The quantitative estimate of drug-likeness (QED) is 0.472. The minimum Gasteiger partial charge on any atom is -0.487 e. The minimum absolute atomic E-state index is 0.0235. The highest BCUT2D eigenvalue weighted by Gasteiger charge is 2.25. The Morgan fingerprint density at radius 2 is 1.97 bits per heavy atom. The summed E-state index contributed by atoms with van der Waals surface area (Å²) in [6.45, 7) is 0.567. The highest BCUT2D eigenvalue weighted by molar-refractivity contribution is 5.99. The van der Waals surface area contributed by atoms with Crippen molar-refractivity contribution < 1.29 is 19.1 Å². The van der Waals surface area contributed by atoms with Crippen LogP contribution in [0.1, 0.15) is 12.1 Å². The number of nitrogens with zero attached hydrogens (tertiary/aromatic N) is 3. The second-order valence-corrected chi connectivity index (χ2v) is 7.61. The van der Waals surface area contributed by atoms with Gasteiger partial charge in [0.05, 0.1) is 11.4 Å². The van der Waals surface area contributed by atoms with Crippen LogP contribution in [-0.4, -0.2) is 34.4 Å². The Hall–Kier alpha value is -4.33. The van der Waals surface area contributed by atoms with Crippen LogP contribution in [0.25, 0.3) is 5.65 Å². The SMILES string of the molecule is O=C(CCN1C(=O)COc2ccccc21)Nc1cccc(OCc2cn3ccccc3n2)c1. The van der Waals surface area contributed by atoms with Crippen molar-refractivity contribution in [1.82, 2.24) is 9.38 Å². The van der Waals surface area contributed by atoms with Gasteiger partial charge in [-0.15, -0.1) is 0 Å². The number of fused-ring (bicyclic) bond motifs is 2. The van der Waals surface area contributed by atoms with Crippen molar-refractivity contribution in [2.45, 2.75) is 13.0 Å². The summed E-state index contributed by atoms with van der Waals surface area (Å²) in [7, 11) is 0. The number of nitrogens with one attached hydrogen (secondary N) is 1. The lowest BCUT2D eigenvalue weighted by Gasteiger charge is -2.29. The Morgan fingerprint density at radius 3 is 2.88 bits per heavy atom. The molecule has 0 atom stereocenters. The number of carbonyl (C=O) groups is 2. The molecule has 8 heteroatoms. The zero-order chi connectivity index (χ0) is 22.6. The van der Waals surface area contributed by atoms with Crippen molar-refractivity contribution in [2.24, 2.45) is 0 Å². The molecule has 1 N–H and O–H groups in total. The van der Waals surface area contributed by atoms with E-state index in [1.165, 1.54) is 0 Å². The van der Waals surface area contributed by atoms with Crippen LogP contribution >= 0.6 is 0 Å². The second-order valence-electron chi connectivity index (χ2n) is 7.61. The van der Waals surface area contributed by atoms with E-state index in [-0.39, 0.29) is 31.4 Å². The third kappa shape index (κ3) is 4.64. The van der Waals surface area contributed by atoms with E-state index in [0.717, 1.165) is 11.3 Å². The predicted octanol–water partition coefficient (Wildman–Crippen LogP) is 3.67. The lowest BCUT2D eigenvalue weighted by Crippen LogP contribution is -2.40. The summed E-state index contributed by atoms with van der Waals surface area (Å²) >= 11 is 0. The third-order valence-electron chi connectivity index (χ3n) is 5.29. The van der Waals surface area contributed by atoms with Gasteiger partial charge in [0.25, 0.3) is 5.91 Å². The molecule has 1 aliphatic rings. The summed E-state index contributed by atoms with van der Waals surface area (Å²) in [5, 5.41) is 2.87. The lowest BCUT2D eigenvalue weighted by molar-refractivity contribution is -0.121. The number of hydrogen-bond donors (Lipinski definition) is 1. The Labute approximate surface area is 190 Å². The van der Waals surface area contributed by atoms with Crippen LogP contribution < -0.4 is 19.7 Å². The van der Waals surface area contributed by atoms with E-state index in [0.29, 0.717) is 29.5 Å². The molecule has 1 aliphatic heterocycles. The molecule has 4 aromatic rings. The van der Waals surface area contributed by atoms with Crippen LogP contribution in [0.3, 0.4) is 0 Å². The first kappa shape index (κ1) is 20.6. The number of hydrogen-bond acceptors (Lipinski definition) is 5. The van der Waals surface area contributed by atoms with E-state index in [1.54, 1.807) is 17.0 Å². The average Bonchev–Trinajstić information content (AvgIpc) is 3.25. The highest BCUT2D eigenvalue weighted by Crippen LogP contribution is 2.31. The molecule has 2 aromatic heterocycles. The molecule has 8 nitrogen and oxygen atoms in total. The Bertz CT molecular complexity index is 1280. The van der Waals surface area contributed by atoms with Crippen LogP contribution in [0.15, 0.2) is 79.1 Å². The monoisotopic (exact) mass is 442 g/mol. The van der Waals surface area contributed by atoms with Gasteiger partial charge in [-0.05, 0) is 36.4 Å². The van der Waals surface area contributed by atoms with Gasteiger partial charge in [0, 0.05) is 37.1 Å². The molecule has 0 radical (unpaired) electrons. The second kappa shape index (κ2) is 9.04. The fourth-order valence-electron chi connectivity index (χ4n) is 3.71. The van der Waals surface area contributed by atoms with Crippen molar-refractivity contribution >= 4 is 28.8 Å². The smallest absolute Gasteiger partial charge is 0.265 e. The molecule has 0 fully saturated rings. The van der Waals surface area contributed by atoms with Crippen molar-refractivity contribution in [1.29, 1.82) is 0 Å². The maximum atomic E-state index is 12.5. The van der Waals surface area contributed by atoms with Gasteiger partial charge < -0.3 is 24.1 Å². The average molecular weight is 442 g/mol. The van der Waals surface area contributed by atoms with E-state index in [9.17, 15) is 9.59 Å². The van der Waals surface area contributed by atoms with Crippen LogP contribution in [0.4, 0.5) is 11.4 Å². The number of pyridine rings is 1. The molecule has 2 amide bonds. The van der Waals surface area contributed by atoms with Gasteiger partial charge in [-0.3, -0.25) is 9.59 Å². The first-order chi connectivity index (χ1) is 16.2. The zero-order valence-corrected chi connectivity index (χ0v) is 17.8. The summed E-state index contributed by atoms with van der Waals surface area (Å²) in [4.78, 5) is 30.9. The number of ether oxygens (including phenoxy) is 2. The Kier molecular flexibility index (Phi) is 5.63. The van der Waals surface area contributed by atoms with E-state index < -0.39 is 0 Å². The molecule has 0 saturated heterocycles. The maximum absolute atomic E-state index is 12.5. The van der Waals surface area contributed by atoms with Gasteiger partial charge in [-0.2, -0.15) is 0 Å². The Morgan fingerprint density at radius 1 is 1.09 bits per heavy atom. The molecule has 0 aliphatic carbocycles. The zero-order valence-electron chi connectivity index (χ0n) is 17.8. The molecule has 2 aromatic carbocycles. The van der Waals surface area contributed by atoms with Crippen LogP contribution in [0, 0.1) is 0 Å². The first-order valence-corrected chi connectivity index (χ1v) is 10.6. The predicted molar refractivity (Wildman–Crippen MR) is 124 cm³/mol. The summed E-state index contributed by atoms with van der Waals surface area (Å²) in [6.07, 6.45) is 4.02. The highest BCUT2D eigenvalue weighted by atomic mass is 16.5. The molecular formula is C25H22N4O4. The van der Waals surface area contributed by atoms with Gasteiger partial charge in [0.15, 0.2) is 6.61 Å². The van der Waals surface area contributed by atoms with Gasteiger partial charge in [-0.1, -0.05) is 24.3 Å². The molecule has 0 saturated carbocycles. The summed E-state index contributed by atoms with van der Waals surface area (Å²) in [5.74, 6) is 0.920.